The lowest BCUT2D eigenvalue weighted by Gasteiger charge is -2.19. The van der Waals surface area contributed by atoms with Crippen LogP contribution in [-0.4, -0.2) is 23.2 Å². The molecule has 0 saturated heterocycles. The number of benzene rings is 3. The summed E-state index contributed by atoms with van der Waals surface area (Å²) >= 11 is 8.05. The zero-order valence-electron chi connectivity index (χ0n) is 15.8. The summed E-state index contributed by atoms with van der Waals surface area (Å²) in [5, 5.41) is 4.95. The largest absolute Gasteiger partial charge is 0.361 e. The van der Waals surface area contributed by atoms with Crippen LogP contribution in [0.15, 0.2) is 90.0 Å². The maximum atomic E-state index is 12.5. The molecule has 0 aliphatic heterocycles. The van der Waals surface area contributed by atoms with Gasteiger partial charge in [0.05, 0.1) is 5.75 Å². The average Bonchev–Trinajstić information content (AvgIpc) is 3.18. The Balaban J connectivity index is 1.53. The van der Waals surface area contributed by atoms with Gasteiger partial charge in [0.15, 0.2) is 0 Å². The molecule has 1 atom stereocenters. The van der Waals surface area contributed by atoms with Gasteiger partial charge in [-0.05, 0) is 35.4 Å². The Morgan fingerprint density at radius 1 is 0.931 bits per heavy atom. The minimum atomic E-state index is -0.0366. The van der Waals surface area contributed by atoms with Gasteiger partial charge in [0.2, 0.25) is 5.91 Å². The first-order valence-corrected chi connectivity index (χ1v) is 10.8. The summed E-state index contributed by atoms with van der Waals surface area (Å²) in [5.41, 5.74) is 3.21. The van der Waals surface area contributed by atoms with Crippen molar-refractivity contribution in [1.29, 1.82) is 0 Å². The molecule has 5 heteroatoms. The van der Waals surface area contributed by atoms with Gasteiger partial charge < -0.3 is 10.3 Å². The van der Waals surface area contributed by atoms with Crippen molar-refractivity contribution in [3.63, 3.8) is 0 Å². The first kappa shape index (κ1) is 19.6. The predicted molar refractivity (Wildman–Crippen MR) is 122 cm³/mol. The molecule has 4 rings (SSSR count). The minimum absolute atomic E-state index is 0.00995. The van der Waals surface area contributed by atoms with E-state index >= 15 is 0 Å². The highest BCUT2D eigenvalue weighted by Crippen LogP contribution is 2.34. The van der Waals surface area contributed by atoms with Crippen LogP contribution in [0.4, 0.5) is 0 Å². The average molecular weight is 421 g/mol. The Labute approximate surface area is 179 Å². The van der Waals surface area contributed by atoms with Gasteiger partial charge in [-0.2, -0.15) is 0 Å². The molecule has 3 aromatic carbocycles. The second kappa shape index (κ2) is 9.21. The van der Waals surface area contributed by atoms with Crippen molar-refractivity contribution < 1.29 is 4.79 Å². The number of fused-ring (bicyclic) bond motifs is 1. The molecule has 1 aromatic heterocycles. The summed E-state index contributed by atoms with van der Waals surface area (Å²) in [6, 6.07) is 26.0. The molecular formula is C24H21ClN2OS. The monoisotopic (exact) mass is 420 g/mol. The summed E-state index contributed by atoms with van der Waals surface area (Å²) in [4.78, 5) is 16.9. The molecule has 2 N–H and O–H groups in total. The standard InChI is InChI=1S/C24H21ClN2OS/c25-22-12-6-4-10-18(22)20(21-14-26-23-13-7-5-11-19(21)23)15-27-24(28)16-29-17-8-2-1-3-9-17/h1-14,20,26H,15-16H2,(H,27,28)/t20-/m1/s1. The molecule has 29 heavy (non-hydrogen) atoms. The van der Waals surface area contributed by atoms with Crippen molar-refractivity contribution in [3.8, 4) is 0 Å². The van der Waals surface area contributed by atoms with E-state index < -0.39 is 0 Å². The Morgan fingerprint density at radius 3 is 2.48 bits per heavy atom. The Hall–Kier alpha value is -2.69. The molecule has 0 saturated carbocycles. The first-order chi connectivity index (χ1) is 14.2. The maximum absolute atomic E-state index is 12.5. The van der Waals surface area contributed by atoms with E-state index in [0.717, 1.165) is 26.9 Å². The number of aromatic amines is 1. The van der Waals surface area contributed by atoms with Crippen molar-refractivity contribution in [1.82, 2.24) is 10.3 Å². The molecule has 3 nitrogen and oxygen atoms in total. The Morgan fingerprint density at radius 2 is 1.66 bits per heavy atom. The molecule has 0 aliphatic carbocycles. The van der Waals surface area contributed by atoms with Crippen LogP contribution in [0.5, 0.6) is 0 Å². The normalized spacial score (nSPS) is 12.0. The van der Waals surface area contributed by atoms with Crippen LogP contribution < -0.4 is 5.32 Å². The molecule has 146 valence electrons. The maximum Gasteiger partial charge on any atom is 0.230 e. The highest BCUT2D eigenvalue weighted by Gasteiger charge is 2.21. The number of hydrogen-bond acceptors (Lipinski definition) is 2. The van der Waals surface area contributed by atoms with Gasteiger partial charge in [-0.15, -0.1) is 11.8 Å². The van der Waals surface area contributed by atoms with Crippen molar-refractivity contribution in [2.45, 2.75) is 10.8 Å². The number of amides is 1. The molecule has 0 unspecified atom stereocenters. The number of thioether (sulfide) groups is 1. The number of carbonyl (C=O) groups is 1. The zero-order valence-corrected chi connectivity index (χ0v) is 17.3. The molecule has 1 heterocycles. The number of halogens is 1. The lowest BCUT2D eigenvalue weighted by Crippen LogP contribution is -2.30. The third-order valence-electron chi connectivity index (χ3n) is 4.89. The van der Waals surface area contributed by atoms with Crippen LogP contribution in [-0.2, 0) is 4.79 Å². The van der Waals surface area contributed by atoms with E-state index in [1.165, 1.54) is 11.8 Å². The first-order valence-electron chi connectivity index (χ1n) is 9.47. The summed E-state index contributed by atoms with van der Waals surface area (Å²) in [6.45, 7) is 0.486. The minimum Gasteiger partial charge on any atom is -0.361 e. The smallest absolute Gasteiger partial charge is 0.230 e. The van der Waals surface area contributed by atoms with E-state index in [1.54, 1.807) is 0 Å². The molecule has 1 amide bonds. The Bertz CT molecular complexity index is 1110. The molecule has 0 bridgehead atoms. The van der Waals surface area contributed by atoms with E-state index in [4.69, 9.17) is 11.6 Å². The second-order valence-electron chi connectivity index (χ2n) is 6.77. The van der Waals surface area contributed by atoms with Crippen molar-refractivity contribution >= 4 is 40.2 Å². The quantitative estimate of drug-likeness (QED) is 0.368. The molecule has 4 aromatic rings. The third-order valence-corrected chi connectivity index (χ3v) is 6.25. The fourth-order valence-corrected chi connectivity index (χ4v) is 4.48. The van der Waals surface area contributed by atoms with Crippen LogP contribution >= 0.6 is 23.4 Å². The van der Waals surface area contributed by atoms with Gasteiger partial charge in [-0.1, -0.05) is 66.2 Å². The number of aromatic nitrogens is 1. The topological polar surface area (TPSA) is 44.9 Å². The van der Waals surface area contributed by atoms with Crippen LogP contribution in [0.25, 0.3) is 10.9 Å². The second-order valence-corrected chi connectivity index (χ2v) is 8.23. The van der Waals surface area contributed by atoms with E-state index in [9.17, 15) is 4.79 Å². The van der Waals surface area contributed by atoms with E-state index in [-0.39, 0.29) is 11.8 Å². The zero-order chi connectivity index (χ0) is 20.1. The Kier molecular flexibility index (Phi) is 6.23. The SMILES string of the molecule is O=C(CSc1ccccc1)NC[C@H](c1ccccc1Cl)c1c[nH]c2ccccc12. The predicted octanol–water partition coefficient (Wildman–Crippen LogP) is 5.86. The number of rotatable bonds is 7. The highest BCUT2D eigenvalue weighted by molar-refractivity contribution is 8.00. The summed E-state index contributed by atoms with van der Waals surface area (Å²) in [7, 11) is 0. The molecule has 0 radical (unpaired) electrons. The lowest BCUT2D eigenvalue weighted by atomic mass is 9.91. The van der Waals surface area contributed by atoms with Crippen LogP contribution in [0.3, 0.4) is 0 Å². The number of hydrogen-bond donors (Lipinski definition) is 2. The van der Waals surface area contributed by atoms with Gasteiger partial charge in [-0.3, -0.25) is 4.79 Å². The number of carbonyl (C=O) groups excluding carboxylic acids is 1. The number of para-hydroxylation sites is 1. The molecule has 0 spiro atoms. The van der Waals surface area contributed by atoms with Gasteiger partial charge in [0.25, 0.3) is 0 Å². The third kappa shape index (κ3) is 4.66. The van der Waals surface area contributed by atoms with Crippen molar-refractivity contribution in [2.24, 2.45) is 0 Å². The van der Waals surface area contributed by atoms with Crippen molar-refractivity contribution in [3.05, 3.63) is 101 Å². The fraction of sp³-hybridized carbons (Fsp3) is 0.125. The van der Waals surface area contributed by atoms with Gasteiger partial charge >= 0.3 is 0 Å². The van der Waals surface area contributed by atoms with Crippen LogP contribution in [0.2, 0.25) is 5.02 Å². The van der Waals surface area contributed by atoms with Crippen LogP contribution in [0, 0.1) is 0 Å². The number of H-pyrrole nitrogens is 1. The number of nitrogens with one attached hydrogen (secondary N) is 2. The fourth-order valence-electron chi connectivity index (χ4n) is 3.46. The van der Waals surface area contributed by atoms with E-state index in [0.29, 0.717) is 17.3 Å². The summed E-state index contributed by atoms with van der Waals surface area (Å²) < 4.78 is 0. The molecule has 0 fully saturated rings. The summed E-state index contributed by atoms with van der Waals surface area (Å²) in [6.07, 6.45) is 2.02. The van der Waals surface area contributed by atoms with E-state index in [1.807, 2.05) is 72.9 Å². The van der Waals surface area contributed by atoms with Gasteiger partial charge in [-0.25, -0.2) is 0 Å². The van der Waals surface area contributed by atoms with Crippen LogP contribution in [0.1, 0.15) is 17.0 Å². The highest BCUT2D eigenvalue weighted by atomic mass is 35.5. The summed E-state index contributed by atoms with van der Waals surface area (Å²) in [5.74, 6) is 0.355. The van der Waals surface area contributed by atoms with Gasteiger partial charge in [0.1, 0.15) is 0 Å². The van der Waals surface area contributed by atoms with Crippen molar-refractivity contribution in [2.75, 3.05) is 12.3 Å². The molecule has 0 aliphatic rings. The molecular weight excluding hydrogens is 400 g/mol. The van der Waals surface area contributed by atoms with Gasteiger partial charge in [0, 0.05) is 39.5 Å². The lowest BCUT2D eigenvalue weighted by molar-refractivity contribution is -0.118. The van der Waals surface area contributed by atoms with E-state index in [2.05, 4.69) is 22.4 Å².